The van der Waals surface area contributed by atoms with Gasteiger partial charge in [-0.2, -0.15) is 0 Å². The molecule has 3 amide bonds. The van der Waals surface area contributed by atoms with Gasteiger partial charge in [-0.15, -0.1) is 0 Å². The fourth-order valence-corrected chi connectivity index (χ4v) is 2.00. The smallest absolute Gasteiger partial charge is 0.326 e. The molecule has 0 aliphatic rings. The maximum absolute atomic E-state index is 11.9. The van der Waals surface area contributed by atoms with Crippen LogP contribution >= 0.6 is 0 Å². The number of anilines is 1. The lowest BCUT2D eigenvalue weighted by atomic mass is 9.87. The molecule has 5 nitrogen and oxygen atoms in total. The zero-order valence-corrected chi connectivity index (χ0v) is 13.4. The predicted octanol–water partition coefficient (Wildman–Crippen LogP) is 3.65. The van der Waals surface area contributed by atoms with E-state index in [0.29, 0.717) is 11.3 Å². The minimum Gasteiger partial charge on any atom is -0.508 e. The first kappa shape index (κ1) is 16.5. The summed E-state index contributed by atoms with van der Waals surface area (Å²) in [5, 5.41) is 14.0. The standard InChI is InChI=1S/C18H20N2O3/c1-18(2,3)13-6-8-14(9-7-13)19-17(23)20-16(22)12-4-10-15(21)11-5-12/h4-11,21H,1-3H3,(H2,19,20,22,23). The number of nitrogens with one attached hydrogen (secondary N) is 2. The van der Waals surface area contributed by atoms with Crippen LogP contribution in [0.2, 0.25) is 0 Å². The number of urea groups is 1. The molecular weight excluding hydrogens is 292 g/mol. The molecule has 0 fully saturated rings. The molecule has 0 bridgehead atoms. The Morgan fingerprint density at radius 2 is 1.48 bits per heavy atom. The second-order valence-corrected chi connectivity index (χ2v) is 6.28. The van der Waals surface area contributed by atoms with E-state index in [2.05, 4.69) is 31.4 Å². The van der Waals surface area contributed by atoms with Crippen LogP contribution in [0.25, 0.3) is 0 Å². The van der Waals surface area contributed by atoms with Gasteiger partial charge < -0.3 is 10.4 Å². The summed E-state index contributed by atoms with van der Waals surface area (Å²) in [6.07, 6.45) is 0. The number of carbonyl (C=O) groups excluding carboxylic acids is 2. The van der Waals surface area contributed by atoms with Crippen molar-refractivity contribution in [1.29, 1.82) is 0 Å². The number of hydrogen-bond acceptors (Lipinski definition) is 3. The van der Waals surface area contributed by atoms with Crippen molar-refractivity contribution in [1.82, 2.24) is 5.32 Å². The van der Waals surface area contributed by atoms with Crippen LogP contribution in [0.15, 0.2) is 48.5 Å². The topological polar surface area (TPSA) is 78.4 Å². The Kier molecular flexibility index (Phi) is 4.69. The second kappa shape index (κ2) is 6.52. The Morgan fingerprint density at radius 1 is 0.913 bits per heavy atom. The van der Waals surface area contributed by atoms with Crippen molar-refractivity contribution in [3.8, 4) is 5.75 Å². The summed E-state index contributed by atoms with van der Waals surface area (Å²) in [6, 6.07) is 12.5. The van der Waals surface area contributed by atoms with Gasteiger partial charge >= 0.3 is 6.03 Å². The molecule has 2 aromatic rings. The Hall–Kier alpha value is -2.82. The molecule has 0 aliphatic heterocycles. The predicted molar refractivity (Wildman–Crippen MR) is 89.7 cm³/mol. The molecular formula is C18H20N2O3. The lowest BCUT2D eigenvalue weighted by Gasteiger charge is -2.19. The van der Waals surface area contributed by atoms with Gasteiger partial charge in [0, 0.05) is 11.3 Å². The number of rotatable bonds is 2. The van der Waals surface area contributed by atoms with Crippen LogP contribution in [-0.2, 0) is 5.41 Å². The van der Waals surface area contributed by atoms with Crippen LogP contribution in [0.1, 0.15) is 36.7 Å². The minimum atomic E-state index is -0.605. The van der Waals surface area contributed by atoms with Crippen LogP contribution in [0, 0.1) is 0 Å². The molecule has 5 heteroatoms. The molecule has 0 aliphatic carbocycles. The van der Waals surface area contributed by atoms with Gasteiger partial charge in [-0.05, 0) is 47.4 Å². The molecule has 0 radical (unpaired) electrons. The maximum Gasteiger partial charge on any atom is 0.326 e. The van der Waals surface area contributed by atoms with Crippen LogP contribution < -0.4 is 10.6 Å². The third-order valence-corrected chi connectivity index (χ3v) is 3.37. The van der Waals surface area contributed by atoms with Crippen molar-refractivity contribution >= 4 is 17.6 Å². The van der Waals surface area contributed by atoms with Gasteiger partial charge in [-0.3, -0.25) is 10.1 Å². The van der Waals surface area contributed by atoms with Crippen molar-refractivity contribution in [2.75, 3.05) is 5.32 Å². The van der Waals surface area contributed by atoms with E-state index in [1.54, 1.807) is 12.1 Å². The Labute approximate surface area is 135 Å². The molecule has 0 saturated carbocycles. The largest absolute Gasteiger partial charge is 0.508 e. The zero-order chi connectivity index (χ0) is 17.0. The average Bonchev–Trinajstić information content (AvgIpc) is 2.47. The highest BCUT2D eigenvalue weighted by molar-refractivity contribution is 6.07. The summed E-state index contributed by atoms with van der Waals surface area (Å²) in [5.41, 5.74) is 2.09. The van der Waals surface area contributed by atoms with Crippen molar-refractivity contribution in [3.05, 3.63) is 59.7 Å². The summed E-state index contributed by atoms with van der Waals surface area (Å²) < 4.78 is 0. The molecule has 2 aromatic carbocycles. The number of phenolic OH excluding ortho intramolecular Hbond substituents is 1. The first-order chi connectivity index (χ1) is 10.8. The molecule has 0 atom stereocenters. The quantitative estimate of drug-likeness (QED) is 0.792. The SMILES string of the molecule is CC(C)(C)c1ccc(NC(=O)NC(=O)c2ccc(O)cc2)cc1. The first-order valence-corrected chi connectivity index (χ1v) is 7.27. The van der Waals surface area contributed by atoms with E-state index in [9.17, 15) is 14.7 Å². The Balaban J connectivity index is 1.96. The third-order valence-electron chi connectivity index (χ3n) is 3.37. The van der Waals surface area contributed by atoms with Gasteiger partial charge in [-0.1, -0.05) is 32.9 Å². The third kappa shape index (κ3) is 4.57. The number of carbonyl (C=O) groups is 2. The van der Waals surface area contributed by atoms with Gasteiger partial charge in [0.15, 0.2) is 0 Å². The number of benzene rings is 2. The molecule has 3 N–H and O–H groups in total. The van der Waals surface area contributed by atoms with Gasteiger partial charge in [0.25, 0.3) is 5.91 Å². The maximum atomic E-state index is 11.9. The summed E-state index contributed by atoms with van der Waals surface area (Å²) in [4.78, 5) is 23.7. The summed E-state index contributed by atoms with van der Waals surface area (Å²) in [6.45, 7) is 6.33. The fraction of sp³-hybridized carbons (Fsp3) is 0.222. The highest BCUT2D eigenvalue weighted by Gasteiger charge is 2.14. The monoisotopic (exact) mass is 312 g/mol. The Morgan fingerprint density at radius 3 is 2.00 bits per heavy atom. The summed E-state index contributed by atoms with van der Waals surface area (Å²) in [7, 11) is 0. The van der Waals surface area contributed by atoms with Crippen molar-refractivity contribution in [2.45, 2.75) is 26.2 Å². The number of aromatic hydroxyl groups is 1. The van der Waals surface area contributed by atoms with Crippen LogP contribution in [0.4, 0.5) is 10.5 Å². The number of amides is 3. The highest BCUT2D eigenvalue weighted by atomic mass is 16.3. The molecule has 0 unspecified atom stereocenters. The lowest BCUT2D eigenvalue weighted by molar-refractivity contribution is 0.0967. The zero-order valence-electron chi connectivity index (χ0n) is 13.4. The van der Waals surface area contributed by atoms with Gasteiger partial charge in [0.2, 0.25) is 0 Å². The van der Waals surface area contributed by atoms with Crippen LogP contribution in [0.3, 0.4) is 0 Å². The van der Waals surface area contributed by atoms with E-state index >= 15 is 0 Å². The summed E-state index contributed by atoms with van der Waals surface area (Å²) in [5.74, 6) is -0.473. The average molecular weight is 312 g/mol. The van der Waals surface area contributed by atoms with Gasteiger partial charge in [0.1, 0.15) is 5.75 Å². The molecule has 0 spiro atoms. The second-order valence-electron chi connectivity index (χ2n) is 6.28. The van der Waals surface area contributed by atoms with Crippen LogP contribution in [-0.4, -0.2) is 17.0 Å². The fourth-order valence-electron chi connectivity index (χ4n) is 2.00. The molecule has 23 heavy (non-hydrogen) atoms. The van der Waals surface area contributed by atoms with E-state index in [1.807, 2.05) is 12.1 Å². The number of phenols is 1. The highest BCUT2D eigenvalue weighted by Crippen LogP contribution is 2.23. The molecule has 120 valence electrons. The van der Waals surface area contributed by atoms with Crippen LogP contribution in [0.5, 0.6) is 5.75 Å². The van der Waals surface area contributed by atoms with Crippen molar-refractivity contribution < 1.29 is 14.7 Å². The normalized spacial score (nSPS) is 10.9. The molecule has 0 aromatic heterocycles. The Bertz CT molecular complexity index is 699. The van der Waals surface area contributed by atoms with E-state index < -0.39 is 11.9 Å². The molecule has 2 rings (SSSR count). The van der Waals surface area contributed by atoms with E-state index in [0.717, 1.165) is 5.56 Å². The van der Waals surface area contributed by atoms with E-state index in [4.69, 9.17) is 0 Å². The minimum absolute atomic E-state index is 0.0373. The number of hydrogen-bond donors (Lipinski definition) is 3. The van der Waals surface area contributed by atoms with Crippen molar-refractivity contribution in [3.63, 3.8) is 0 Å². The van der Waals surface area contributed by atoms with Gasteiger partial charge in [-0.25, -0.2) is 4.79 Å². The van der Waals surface area contributed by atoms with E-state index in [1.165, 1.54) is 24.3 Å². The lowest BCUT2D eigenvalue weighted by Crippen LogP contribution is -2.34. The van der Waals surface area contributed by atoms with Gasteiger partial charge in [0.05, 0.1) is 0 Å². The number of imide groups is 1. The van der Waals surface area contributed by atoms with E-state index in [-0.39, 0.29) is 11.2 Å². The van der Waals surface area contributed by atoms with Crippen molar-refractivity contribution in [2.24, 2.45) is 0 Å². The first-order valence-electron chi connectivity index (χ1n) is 7.27. The molecule has 0 heterocycles. The summed E-state index contributed by atoms with van der Waals surface area (Å²) >= 11 is 0. The molecule has 0 saturated heterocycles.